The summed E-state index contributed by atoms with van der Waals surface area (Å²) in [5.41, 5.74) is 2.65. The van der Waals surface area contributed by atoms with Crippen molar-refractivity contribution in [2.24, 2.45) is 0 Å². The number of methoxy groups -OCH3 is 1. The zero-order valence-electron chi connectivity index (χ0n) is 16.6. The summed E-state index contributed by atoms with van der Waals surface area (Å²) in [6.45, 7) is 3.54. The van der Waals surface area contributed by atoms with Crippen LogP contribution in [-0.4, -0.2) is 39.6 Å². The Morgan fingerprint density at radius 1 is 1.10 bits per heavy atom. The highest BCUT2D eigenvalue weighted by molar-refractivity contribution is 7.89. The van der Waals surface area contributed by atoms with E-state index in [1.807, 2.05) is 43.3 Å². The molecule has 1 aliphatic rings. The number of piperidine rings is 1. The number of hydrogen-bond donors (Lipinski definition) is 1. The standard InChI is InChI=1S/C22H25N3O3S/c1-16-14-17-4-3-5-21(22(17)23-15-16)29(26,27)24-18-10-12-25(13-11-18)19-6-8-20(28-2)9-7-19/h3-9,14-15,18,24H,10-13H2,1-2H3. The van der Waals surface area contributed by atoms with Gasteiger partial charge in [0.25, 0.3) is 0 Å². The minimum absolute atomic E-state index is 0.0878. The maximum Gasteiger partial charge on any atom is 0.242 e. The van der Waals surface area contributed by atoms with Crippen LogP contribution < -0.4 is 14.4 Å². The van der Waals surface area contributed by atoms with Crippen LogP contribution in [0.5, 0.6) is 5.75 Å². The molecule has 0 unspecified atom stereocenters. The van der Waals surface area contributed by atoms with Gasteiger partial charge < -0.3 is 9.64 Å². The van der Waals surface area contributed by atoms with E-state index in [9.17, 15) is 8.42 Å². The number of benzene rings is 2. The normalized spacial score (nSPS) is 15.6. The van der Waals surface area contributed by atoms with E-state index in [1.165, 1.54) is 0 Å². The van der Waals surface area contributed by atoms with Crippen LogP contribution in [0.2, 0.25) is 0 Å². The first kappa shape index (κ1) is 19.7. The van der Waals surface area contributed by atoms with Crippen molar-refractivity contribution in [1.82, 2.24) is 9.71 Å². The van der Waals surface area contributed by atoms with Crippen LogP contribution in [0.4, 0.5) is 5.69 Å². The van der Waals surface area contributed by atoms with Gasteiger partial charge in [0.05, 0.1) is 12.6 Å². The van der Waals surface area contributed by atoms with Crippen molar-refractivity contribution >= 4 is 26.6 Å². The molecule has 7 heteroatoms. The lowest BCUT2D eigenvalue weighted by Crippen LogP contribution is -2.44. The SMILES string of the molecule is COc1ccc(N2CCC(NS(=O)(=O)c3cccc4cc(C)cnc34)CC2)cc1. The quantitative estimate of drug-likeness (QED) is 0.696. The second-order valence-corrected chi connectivity index (χ2v) is 9.10. The van der Waals surface area contributed by atoms with E-state index >= 15 is 0 Å². The molecule has 1 fully saturated rings. The second-order valence-electron chi connectivity index (χ2n) is 7.42. The zero-order chi connectivity index (χ0) is 20.4. The summed E-state index contributed by atoms with van der Waals surface area (Å²) >= 11 is 0. The Morgan fingerprint density at radius 3 is 2.52 bits per heavy atom. The van der Waals surface area contributed by atoms with Crippen molar-refractivity contribution in [3.63, 3.8) is 0 Å². The molecule has 2 heterocycles. The Hall–Kier alpha value is -2.64. The minimum atomic E-state index is -3.64. The highest BCUT2D eigenvalue weighted by atomic mass is 32.2. The summed E-state index contributed by atoms with van der Waals surface area (Å²) in [5, 5.41) is 0.835. The summed E-state index contributed by atoms with van der Waals surface area (Å²) in [5.74, 6) is 0.829. The number of hydrogen-bond acceptors (Lipinski definition) is 5. The molecule has 0 amide bonds. The third-order valence-corrected chi connectivity index (χ3v) is 6.91. The fourth-order valence-electron chi connectivity index (χ4n) is 3.79. The number of para-hydroxylation sites is 1. The smallest absolute Gasteiger partial charge is 0.242 e. The Kier molecular flexibility index (Phi) is 5.43. The molecule has 29 heavy (non-hydrogen) atoms. The number of anilines is 1. The van der Waals surface area contributed by atoms with Gasteiger partial charge in [-0.15, -0.1) is 0 Å². The van der Waals surface area contributed by atoms with E-state index in [0.29, 0.717) is 5.52 Å². The Bertz CT molecular complexity index is 1110. The predicted molar refractivity (Wildman–Crippen MR) is 115 cm³/mol. The molecular formula is C22H25N3O3S. The van der Waals surface area contributed by atoms with E-state index in [-0.39, 0.29) is 10.9 Å². The Balaban J connectivity index is 1.46. The number of pyridine rings is 1. The van der Waals surface area contributed by atoms with Crippen LogP contribution in [-0.2, 0) is 10.0 Å². The van der Waals surface area contributed by atoms with Gasteiger partial charge in [-0.05, 0) is 61.7 Å². The largest absolute Gasteiger partial charge is 0.497 e. The number of rotatable bonds is 5. The Labute approximate surface area is 171 Å². The summed E-state index contributed by atoms with van der Waals surface area (Å²) in [6.07, 6.45) is 3.21. The molecule has 4 rings (SSSR count). The highest BCUT2D eigenvalue weighted by Gasteiger charge is 2.26. The summed E-state index contributed by atoms with van der Waals surface area (Å²) < 4.78 is 34.2. The third-order valence-electron chi connectivity index (χ3n) is 5.35. The van der Waals surface area contributed by atoms with Crippen LogP contribution in [0.25, 0.3) is 10.9 Å². The lowest BCUT2D eigenvalue weighted by molar-refractivity contribution is 0.414. The van der Waals surface area contributed by atoms with Gasteiger partial charge >= 0.3 is 0 Å². The number of aromatic nitrogens is 1. The molecule has 0 bridgehead atoms. The molecule has 152 valence electrons. The number of nitrogens with one attached hydrogen (secondary N) is 1. The number of sulfonamides is 1. The van der Waals surface area contributed by atoms with Crippen LogP contribution >= 0.6 is 0 Å². The van der Waals surface area contributed by atoms with E-state index in [2.05, 4.69) is 14.6 Å². The Morgan fingerprint density at radius 2 is 1.83 bits per heavy atom. The van der Waals surface area contributed by atoms with Gasteiger partial charge in [0.2, 0.25) is 10.0 Å². The molecular weight excluding hydrogens is 386 g/mol. The average molecular weight is 412 g/mol. The van der Waals surface area contributed by atoms with Gasteiger partial charge in [-0.2, -0.15) is 0 Å². The molecule has 6 nitrogen and oxygen atoms in total. The van der Waals surface area contributed by atoms with Gasteiger partial charge in [0.1, 0.15) is 10.6 Å². The monoisotopic (exact) mass is 411 g/mol. The number of nitrogens with zero attached hydrogens (tertiary/aromatic N) is 2. The third kappa shape index (κ3) is 4.21. The van der Waals surface area contributed by atoms with Crippen LogP contribution in [0.15, 0.2) is 59.6 Å². The maximum atomic E-state index is 13.0. The number of aryl methyl sites for hydroxylation is 1. The second kappa shape index (κ2) is 8.00. The molecule has 0 saturated carbocycles. The highest BCUT2D eigenvalue weighted by Crippen LogP contribution is 2.25. The first-order valence-corrected chi connectivity index (χ1v) is 11.2. The van der Waals surface area contributed by atoms with Gasteiger partial charge in [-0.3, -0.25) is 4.98 Å². The van der Waals surface area contributed by atoms with Crippen molar-refractivity contribution in [2.75, 3.05) is 25.1 Å². The number of fused-ring (bicyclic) bond motifs is 1. The van der Waals surface area contributed by atoms with Crippen molar-refractivity contribution in [3.05, 3.63) is 60.3 Å². The average Bonchev–Trinajstić information content (AvgIpc) is 2.73. The molecule has 3 aromatic rings. The van der Waals surface area contributed by atoms with Crippen molar-refractivity contribution in [2.45, 2.75) is 30.7 Å². The van der Waals surface area contributed by atoms with E-state index in [1.54, 1.807) is 25.4 Å². The summed E-state index contributed by atoms with van der Waals surface area (Å²) in [6, 6.07) is 15.1. The van der Waals surface area contributed by atoms with Crippen molar-refractivity contribution in [3.8, 4) is 5.75 Å². The van der Waals surface area contributed by atoms with Gasteiger partial charge in [0.15, 0.2) is 0 Å². The summed E-state index contributed by atoms with van der Waals surface area (Å²) in [4.78, 5) is 6.88. The van der Waals surface area contributed by atoms with Crippen LogP contribution in [0, 0.1) is 6.92 Å². The molecule has 2 aromatic carbocycles. The molecule has 0 spiro atoms. The molecule has 1 saturated heterocycles. The predicted octanol–water partition coefficient (Wildman–Crippen LogP) is 3.50. The minimum Gasteiger partial charge on any atom is -0.497 e. The molecule has 0 aliphatic carbocycles. The molecule has 1 aromatic heterocycles. The first-order valence-electron chi connectivity index (χ1n) is 9.73. The lowest BCUT2D eigenvalue weighted by Gasteiger charge is -2.33. The summed E-state index contributed by atoms with van der Waals surface area (Å²) in [7, 11) is -1.99. The molecule has 1 aliphatic heterocycles. The fraction of sp³-hybridized carbons (Fsp3) is 0.318. The lowest BCUT2D eigenvalue weighted by atomic mass is 10.1. The molecule has 0 radical (unpaired) electrons. The van der Waals surface area contributed by atoms with Gasteiger partial charge in [-0.25, -0.2) is 13.1 Å². The number of ether oxygens (including phenoxy) is 1. The molecule has 1 N–H and O–H groups in total. The fourth-order valence-corrected chi connectivity index (χ4v) is 5.28. The molecule has 0 atom stereocenters. The van der Waals surface area contributed by atoms with Crippen molar-refractivity contribution in [1.29, 1.82) is 0 Å². The zero-order valence-corrected chi connectivity index (χ0v) is 17.4. The first-order chi connectivity index (χ1) is 14.0. The van der Waals surface area contributed by atoms with E-state index in [4.69, 9.17) is 4.74 Å². The van der Waals surface area contributed by atoms with E-state index in [0.717, 1.165) is 48.3 Å². The van der Waals surface area contributed by atoms with Crippen LogP contribution in [0.3, 0.4) is 0 Å². The maximum absolute atomic E-state index is 13.0. The van der Waals surface area contributed by atoms with E-state index < -0.39 is 10.0 Å². The van der Waals surface area contributed by atoms with Crippen LogP contribution in [0.1, 0.15) is 18.4 Å². The topological polar surface area (TPSA) is 71.5 Å². The van der Waals surface area contributed by atoms with Crippen molar-refractivity contribution < 1.29 is 13.2 Å². The van der Waals surface area contributed by atoms with Gasteiger partial charge in [-0.1, -0.05) is 12.1 Å². The van der Waals surface area contributed by atoms with Gasteiger partial charge in [0, 0.05) is 36.4 Å².